The fourth-order valence-corrected chi connectivity index (χ4v) is 11.8. The van der Waals surface area contributed by atoms with E-state index in [0.29, 0.717) is 85.7 Å². The van der Waals surface area contributed by atoms with Crippen molar-refractivity contribution < 1.29 is 19.1 Å². The number of halogens is 6. The first kappa shape index (κ1) is 67.5. The summed E-state index contributed by atoms with van der Waals surface area (Å²) < 4.78 is 4.72. The Labute approximate surface area is 589 Å². The van der Waals surface area contributed by atoms with Gasteiger partial charge in [-0.1, -0.05) is 87.8 Å². The number of hydrogen-bond donors (Lipinski definition) is 6. The van der Waals surface area contributed by atoms with Crippen molar-refractivity contribution in [2.24, 2.45) is 5.73 Å². The number of ether oxygens (including phenoxy) is 1. The minimum absolute atomic E-state index is 0.187. The van der Waals surface area contributed by atoms with Crippen molar-refractivity contribution in [3.63, 3.8) is 0 Å². The first-order valence-corrected chi connectivity index (χ1v) is 32.5. The number of nitrogens with one attached hydrogen (secondary N) is 5. The summed E-state index contributed by atoms with van der Waals surface area (Å²) in [6, 6.07) is 50.5. The standard InChI is InChI=1S/2C24H17Cl2N5O.C17H13ClN2O2.C8H8ClN3/c2*25-17-2-4-22-20(11-17)23(31-30-22)13-29-24(32)15-5-6-27-19(10-15)8-14-1-3-21-16(7-14)9-18(26)12-28-21;1-22-17(21)12-4-5-19-15(9-12)7-11-2-3-16-13(6-11)8-14(18)10-20-16;9-5-1-2-7-6(3-5)8(4-10)12-11-7/h2*1-7,9-12H,8,13H2,(H,29,32)(H,30,31);2-6,8-10H,7H2,1H3;1-3H,4,10H2,(H,11,12). The van der Waals surface area contributed by atoms with Crippen LogP contribution in [0.5, 0.6) is 0 Å². The molecule has 0 aliphatic rings. The molecule has 15 rings (SSSR count). The molecule has 0 aliphatic carbocycles. The lowest BCUT2D eigenvalue weighted by Gasteiger charge is -2.07. The van der Waals surface area contributed by atoms with Crippen LogP contribution in [0.3, 0.4) is 0 Å². The summed E-state index contributed by atoms with van der Waals surface area (Å²) in [5.74, 6) is -0.737. The number of benzene rings is 6. The van der Waals surface area contributed by atoms with Crippen molar-refractivity contribution in [2.75, 3.05) is 7.11 Å². The van der Waals surface area contributed by atoms with Gasteiger partial charge in [0.1, 0.15) is 0 Å². The number of carbonyl (C=O) groups is 3. The Morgan fingerprint density at radius 1 is 0.388 bits per heavy atom. The van der Waals surface area contributed by atoms with Crippen LogP contribution in [0.4, 0.5) is 0 Å². The summed E-state index contributed by atoms with van der Waals surface area (Å²) in [7, 11) is 1.36. The quantitative estimate of drug-likeness (QED) is 0.0553. The number of esters is 1. The molecule has 0 fully saturated rings. The van der Waals surface area contributed by atoms with Gasteiger partial charge in [-0.3, -0.25) is 54.8 Å². The lowest BCUT2D eigenvalue weighted by molar-refractivity contribution is 0.0600. The second kappa shape index (κ2) is 31.2. The molecule has 98 heavy (non-hydrogen) atoms. The van der Waals surface area contributed by atoms with E-state index in [2.05, 4.69) is 71.1 Å². The van der Waals surface area contributed by atoms with Gasteiger partial charge in [0.2, 0.25) is 0 Å². The first-order chi connectivity index (χ1) is 47.6. The number of H-pyrrole nitrogens is 3. The minimum atomic E-state index is -0.363. The highest BCUT2D eigenvalue weighted by molar-refractivity contribution is 6.33. The molecule has 2 amide bonds. The predicted molar refractivity (Wildman–Crippen MR) is 386 cm³/mol. The van der Waals surface area contributed by atoms with Crippen LogP contribution in [0.25, 0.3) is 65.4 Å². The Bertz CT molecular complexity index is 5230. The van der Waals surface area contributed by atoms with Crippen LogP contribution in [0, 0.1) is 0 Å². The zero-order chi connectivity index (χ0) is 68.2. The van der Waals surface area contributed by atoms with Crippen molar-refractivity contribution in [3.8, 4) is 0 Å². The van der Waals surface area contributed by atoms with Gasteiger partial charge in [-0.15, -0.1) is 0 Å². The van der Waals surface area contributed by atoms with Gasteiger partial charge in [0.15, 0.2) is 0 Å². The maximum absolute atomic E-state index is 12.7. The largest absolute Gasteiger partial charge is 0.465 e. The second-order valence-corrected chi connectivity index (χ2v) is 25.0. The van der Waals surface area contributed by atoms with Crippen LogP contribution in [-0.2, 0) is 43.6 Å². The maximum Gasteiger partial charge on any atom is 0.337 e. The molecule has 7 N–H and O–H groups in total. The Hall–Kier alpha value is -10.5. The van der Waals surface area contributed by atoms with Crippen LogP contribution < -0.4 is 16.4 Å². The van der Waals surface area contributed by atoms with Crippen molar-refractivity contribution in [2.45, 2.75) is 38.9 Å². The van der Waals surface area contributed by atoms with Crippen molar-refractivity contribution >= 4 is 153 Å². The van der Waals surface area contributed by atoms with Gasteiger partial charge in [-0.25, -0.2) is 4.79 Å². The van der Waals surface area contributed by atoms with E-state index in [4.69, 9.17) is 80.1 Å². The van der Waals surface area contributed by atoms with Gasteiger partial charge < -0.3 is 21.1 Å². The summed E-state index contributed by atoms with van der Waals surface area (Å²) in [4.78, 5) is 63.1. The zero-order valence-corrected chi connectivity index (χ0v) is 56.3. The Morgan fingerprint density at radius 3 is 1.09 bits per heavy atom. The van der Waals surface area contributed by atoms with Gasteiger partial charge >= 0.3 is 5.97 Å². The normalized spacial score (nSPS) is 11.0. The van der Waals surface area contributed by atoms with E-state index in [1.807, 2.05) is 115 Å². The summed E-state index contributed by atoms with van der Waals surface area (Å²) in [5.41, 5.74) is 20.4. The molecule has 19 nitrogen and oxygen atoms in total. The SMILES string of the molecule is COC(=O)c1ccnc(Cc2ccc3ncc(Cl)cc3c2)c1.NCc1[nH]nc2ccc(Cl)cc12.O=C(NCc1[nH]nc2ccc(Cl)cc12)c1ccnc(Cc2ccc3ncc(Cl)cc3c2)c1.O=C(NCc1[nH]nc2ccc(Cl)cc12)c1ccnc(Cc2ccc3ncc(Cl)cc3c2)c1. The number of nitrogens with two attached hydrogens (primary N) is 1. The van der Waals surface area contributed by atoms with Crippen LogP contribution in [0.1, 0.15) is 81.9 Å². The third kappa shape index (κ3) is 17.0. The molecule has 488 valence electrons. The second-order valence-electron chi connectivity index (χ2n) is 22.3. The lowest BCUT2D eigenvalue weighted by atomic mass is 10.0. The average Bonchev–Trinajstić information content (AvgIpc) is 1.57. The van der Waals surface area contributed by atoms with Gasteiger partial charge in [0.25, 0.3) is 11.8 Å². The van der Waals surface area contributed by atoms with Crippen molar-refractivity contribution in [1.29, 1.82) is 0 Å². The molecule has 0 saturated heterocycles. The third-order valence-corrected chi connectivity index (χ3v) is 16.9. The van der Waals surface area contributed by atoms with Gasteiger partial charge in [0, 0.05) is 139 Å². The molecule has 0 spiro atoms. The molecular weight excluding hydrogens is 1360 g/mol. The number of methoxy groups -OCH3 is 1. The fraction of sp³-hybridized carbons (Fsp3) is 0.0959. The molecule has 0 radical (unpaired) electrons. The molecular formula is C73H55Cl6N15O4. The summed E-state index contributed by atoms with van der Waals surface area (Å²) >= 11 is 36.1. The van der Waals surface area contributed by atoms with E-state index in [0.717, 1.165) is 116 Å². The molecule has 6 aromatic carbocycles. The Balaban J connectivity index is 0.000000131. The topological polar surface area (TPSA) is 274 Å². The minimum Gasteiger partial charge on any atom is -0.465 e. The Morgan fingerprint density at radius 2 is 0.724 bits per heavy atom. The summed E-state index contributed by atoms with van der Waals surface area (Å²) in [6.07, 6.45) is 11.6. The van der Waals surface area contributed by atoms with Gasteiger partial charge in [-0.05, 0) is 162 Å². The monoisotopic (exact) mass is 1420 g/mol. The molecule has 25 heteroatoms. The smallest absolute Gasteiger partial charge is 0.337 e. The number of amides is 2. The summed E-state index contributed by atoms with van der Waals surface area (Å²) in [6.45, 7) is 1.08. The fourth-order valence-electron chi connectivity index (χ4n) is 10.7. The number of nitrogens with zero attached hydrogens (tertiary/aromatic N) is 9. The number of aromatic amines is 3. The van der Waals surface area contributed by atoms with E-state index in [-0.39, 0.29) is 17.8 Å². The van der Waals surface area contributed by atoms with Crippen LogP contribution >= 0.6 is 69.6 Å². The van der Waals surface area contributed by atoms with E-state index in [9.17, 15) is 14.4 Å². The van der Waals surface area contributed by atoms with E-state index >= 15 is 0 Å². The number of hydrogen-bond acceptors (Lipinski definition) is 14. The van der Waals surface area contributed by atoms with Gasteiger partial charge in [0.05, 0.1) is 91.0 Å². The first-order valence-electron chi connectivity index (χ1n) is 30.3. The zero-order valence-electron chi connectivity index (χ0n) is 51.8. The molecule has 9 aromatic heterocycles. The Kier molecular flexibility index (Phi) is 21.5. The molecule has 9 heterocycles. The van der Waals surface area contributed by atoms with Crippen molar-refractivity contribution in [1.82, 2.24) is 71.1 Å². The van der Waals surface area contributed by atoms with Crippen LogP contribution in [0.2, 0.25) is 30.1 Å². The summed E-state index contributed by atoms with van der Waals surface area (Å²) in [5, 5.41) is 36.6. The van der Waals surface area contributed by atoms with Crippen molar-refractivity contribution in [3.05, 3.63) is 299 Å². The molecule has 0 bridgehead atoms. The lowest BCUT2D eigenvalue weighted by Crippen LogP contribution is -2.23. The van der Waals surface area contributed by atoms with Crippen LogP contribution in [-0.4, -0.2) is 85.4 Å². The third-order valence-electron chi connectivity index (χ3n) is 15.5. The highest BCUT2D eigenvalue weighted by Crippen LogP contribution is 2.27. The van der Waals surface area contributed by atoms with E-state index in [1.165, 1.54) is 7.11 Å². The maximum atomic E-state index is 12.7. The number of rotatable bonds is 14. The number of aromatic nitrogens is 12. The van der Waals surface area contributed by atoms with Gasteiger partial charge in [-0.2, -0.15) is 15.3 Å². The van der Waals surface area contributed by atoms with Crippen LogP contribution in [0.15, 0.2) is 201 Å². The predicted octanol–water partition coefficient (Wildman–Crippen LogP) is 16.0. The molecule has 15 aromatic rings. The molecule has 0 atom stereocenters. The number of pyridine rings is 6. The molecule has 0 aliphatic heterocycles. The highest BCUT2D eigenvalue weighted by atomic mass is 35.5. The number of fused-ring (bicyclic) bond motifs is 6. The highest BCUT2D eigenvalue weighted by Gasteiger charge is 2.15. The van der Waals surface area contributed by atoms with E-state index in [1.54, 1.807) is 85.7 Å². The average molecular weight is 1420 g/mol. The molecule has 0 unspecified atom stereocenters. The number of carbonyl (C=O) groups excluding carboxylic acids is 3. The molecule has 0 saturated carbocycles. The van der Waals surface area contributed by atoms with E-state index < -0.39 is 0 Å².